The topological polar surface area (TPSA) is 84.9 Å². The van der Waals surface area contributed by atoms with Crippen molar-refractivity contribution in [1.82, 2.24) is 5.32 Å². The second-order valence-electron chi connectivity index (χ2n) is 6.31. The van der Waals surface area contributed by atoms with Gasteiger partial charge in [0, 0.05) is 29.3 Å². The summed E-state index contributed by atoms with van der Waals surface area (Å²) in [5, 5.41) is 13.3. The van der Waals surface area contributed by atoms with Crippen molar-refractivity contribution in [2.24, 2.45) is 0 Å². The van der Waals surface area contributed by atoms with Crippen molar-refractivity contribution >= 4 is 23.4 Å². The molecule has 0 saturated heterocycles. The Hall–Kier alpha value is -2.47. The second kappa shape index (κ2) is 7.03. The summed E-state index contributed by atoms with van der Waals surface area (Å²) < 4.78 is 10.1. The van der Waals surface area contributed by atoms with Gasteiger partial charge in [-0.1, -0.05) is 11.6 Å². The van der Waals surface area contributed by atoms with E-state index in [4.69, 9.17) is 21.1 Å². The molecule has 2 N–H and O–H groups in total. The van der Waals surface area contributed by atoms with E-state index in [2.05, 4.69) is 5.32 Å². The minimum atomic E-state index is -0.626. The zero-order valence-electron chi connectivity index (χ0n) is 14.8. The first-order chi connectivity index (χ1) is 12.4. The van der Waals surface area contributed by atoms with Crippen LogP contribution in [0.1, 0.15) is 37.7 Å². The third-order valence-electron chi connectivity index (χ3n) is 4.79. The molecule has 7 heteroatoms. The van der Waals surface area contributed by atoms with E-state index < -0.39 is 11.9 Å². The largest absolute Gasteiger partial charge is 0.503 e. The van der Waals surface area contributed by atoms with Crippen molar-refractivity contribution in [2.45, 2.75) is 32.1 Å². The van der Waals surface area contributed by atoms with Crippen molar-refractivity contribution in [1.29, 1.82) is 0 Å². The molecule has 2 aliphatic rings. The number of aromatic hydroxyl groups is 1. The number of allylic oxidation sites excluding steroid dienone is 3. The molecule has 0 radical (unpaired) electrons. The molecule has 0 bridgehead atoms. The van der Waals surface area contributed by atoms with Crippen LogP contribution in [0.5, 0.6) is 11.5 Å². The number of hydrogen-bond acceptors (Lipinski definition) is 6. The number of Topliss-reactive ketones (excluding diaryl/α,β-unsaturated/α-hetero) is 1. The Kier molecular flexibility index (Phi) is 4.96. The number of esters is 1. The van der Waals surface area contributed by atoms with Gasteiger partial charge < -0.3 is 19.9 Å². The smallest absolute Gasteiger partial charge is 0.336 e. The summed E-state index contributed by atoms with van der Waals surface area (Å²) in [5.74, 6) is -1.16. The van der Waals surface area contributed by atoms with Crippen molar-refractivity contribution in [3.63, 3.8) is 0 Å². The highest BCUT2D eigenvalue weighted by atomic mass is 35.5. The van der Waals surface area contributed by atoms with Crippen LogP contribution in [-0.2, 0) is 14.3 Å². The van der Waals surface area contributed by atoms with Gasteiger partial charge >= 0.3 is 5.97 Å². The first-order valence-electron chi connectivity index (χ1n) is 8.27. The van der Waals surface area contributed by atoms with Crippen LogP contribution in [0.3, 0.4) is 0 Å². The number of dihydropyridines is 1. The van der Waals surface area contributed by atoms with E-state index >= 15 is 0 Å². The number of carbonyl (C=O) groups is 2. The highest BCUT2D eigenvalue weighted by Gasteiger charge is 2.39. The fourth-order valence-corrected chi connectivity index (χ4v) is 3.83. The summed E-state index contributed by atoms with van der Waals surface area (Å²) in [4.78, 5) is 25.2. The minimum absolute atomic E-state index is 0.0131. The number of ether oxygens (including phenoxy) is 2. The normalized spacial score (nSPS) is 19.8. The second-order valence-corrected chi connectivity index (χ2v) is 6.72. The lowest BCUT2D eigenvalue weighted by Crippen LogP contribution is -2.34. The SMILES string of the molecule is COC(=O)C1=C(C)NC2=C(C(=O)CCC2)[C@H]1c1cc(Cl)c(O)c(OC)c1. The lowest BCUT2D eigenvalue weighted by Gasteiger charge is -2.34. The average Bonchev–Trinajstić information content (AvgIpc) is 2.62. The number of phenols is 1. The molecule has 0 amide bonds. The van der Waals surface area contributed by atoms with Gasteiger partial charge in [0.15, 0.2) is 17.3 Å². The fourth-order valence-electron chi connectivity index (χ4n) is 3.61. The highest BCUT2D eigenvalue weighted by Crippen LogP contribution is 2.46. The number of ketones is 1. The molecular formula is C19H20ClNO5. The third kappa shape index (κ3) is 2.94. The molecule has 0 fully saturated rings. The molecule has 3 rings (SSSR count). The maximum absolute atomic E-state index is 12.7. The molecule has 26 heavy (non-hydrogen) atoms. The Balaban J connectivity index is 2.25. The van der Waals surface area contributed by atoms with Gasteiger partial charge in [0.05, 0.1) is 24.8 Å². The van der Waals surface area contributed by atoms with E-state index in [1.54, 1.807) is 19.1 Å². The van der Waals surface area contributed by atoms with E-state index in [0.717, 1.165) is 18.5 Å². The van der Waals surface area contributed by atoms with Crippen LogP contribution in [0.15, 0.2) is 34.7 Å². The van der Waals surface area contributed by atoms with Gasteiger partial charge in [0.2, 0.25) is 0 Å². The standard InChI is InChI=1S/C19H20ClNO5/c1-9-15(19(24)26-3)16(17-12(21-9)5-4-6-13(17)22)10-7-11(20)18(23)14(8-10)25-2/h7-8,16,21,23H,4-6H2,1-3H3/t16-/m0/s1. The first-order valence-corrected chi connectivity index (χ1v) is 8.65. The number of carbonyl (C=O) groups excluding carboxylic acids is 2. The maximum Gasteiger partial charge on any atom is 0.336 e. The summed E-state index contributed by atoms with van der Waals surface area (Å²) in [6.45, 7) is 1.78. The predicted octanol–water partition coefficient (Wildman–Crippen LogP) is 3.20. The van der Waals surface area contributed by atoms with Gasteiger partial charge in [-0.2, -0.15) is 0 Å². The van der Waals surface area contributed by atoms with Crippen molar-refractivity contribution < 1.29 is 24.2 Å². The zero-order valence-corrected chi connectivity index (χ0v) is 15.6. The Morgan fingerprint density at radius 3 is 2.69 bits per heavy atom. The number of hydrogen-bond donors (Lipinski definition) is 2. The van der Waals surface area contributed by atoms with Crippen molar-refractivity contribution in [2.75, 3.05) is 14.2 Å². The molecule has 1 aliphatic heterocycles. The van der Waals surface area contributed by atoms with E-state index in [0.29, 0.717) is 28.8 Å². The van der Waals surface area contributed by atoms with E-state index in [1.165, 1.54) is 14.2 Å². The Morgan fingerprint density at radius 1 is 1.31 bits per heavy atom. The molecule has 1 aliphatic carbocycles. The molecule has 1 aromatic rings. The Labute approximate surface area is 156 Å². The fraction of sp³-hybridized carbons (Fsp3) is 0.368. The molecule has 1 heterocycles. The summed E-state index contributed by atoms with van der Waals surface area (Å²) in [7, 11) is 2.72. The summed E-state index contributed by atoms with van der Waals surface area (Å²) >= 11 is 6.15. The lowest BCUT2D eigenvalue weighted by molar-refractivity contribution is -0.136. The molecule has 138 valence electrons. The van der Waals surface area contributed by atoms with Gasteiger partial charge in [0.1, 0.15) is 0 Å². The third-order valence-corrected chi connectivity index (χ3v) is 5.07. The van der Waals surface area contributed by atoms with Crippen molar-refractivity contribution in [3.05, 3.63) is 45.3 Å². The van der Waals surface area contributed by atoms with Crippen LogP contribution in [-0.4, -0.2) is 31.1 Å². The molecule has 0 spiro atoms. The number of phenolic OH excluding ortho intramolecular Hbond substituents is 1. The van der Waals surface area contributed by atoms with Gasteiger partial charge in [0.25, 0.3) is 0 Å². The van der Waals surface area contributed by atoms with Gasteiger partial charge in [-0.05, 0) is 37.5 Å². The molecule has 0 saturated carbocycles. The number of nitrogens with one attached hydrogen (secondary N) is 1. The maximum atomic E-state index is 12.7. The minimum Gasteiger partial charge on any atom is -0.503 e. The number of rotatable bonds is 3. The van der Waals surface area contributed by atoms with Crippen LogP contribution in [0.25, 0.3) is 0 Å². The van der Waals surface area contributed by atoms with Crippen LogP contribution < -0.4 is 10.1 Å². The van der Waals surface area contributed by atoms with Crippen molar-refractivity contribution in [3.8, 4) is 11.5 Å². The summed E-state index contributed by atoms with van der Waals surface area (Å²) in [5.41, 5.74) is 2.95. The van der Waals surface area contributed by atoms with E-state index in [9.17, 15) is 14.7 Å². The monoisotopic (exact) mass is 377 g/mol. The highest BCUT2D eigenvalue weighted by molar-refractivity contribution is 6.32. The van der Waals surface area contributed by atoms with E-state index in [-0.39, 0.29) is 22.3 Å². The Morgan fingerprint density at radius 2 is 2.04 bits per heavy atom. The summed E-state index contributed by atoms with van der Waals surface area (Å²) in [6.07, 6.45) is 1.91. The Bertz CT molecular complexity index is 856. The first kappa shape index (κ1) is 18.3. The van der Waals surface area contributed by atoms with Crippen LogP contribution in [0.2, 0.25) is 5.02 Å². The molecule has 0 unspecified atom stereocenters. The van der Waals surface area contributed by atoms with Gasteiger partial charge in [-0.15, -0.1) is 0 Å². The molecule has 6 nitrogen and oxygen atoms in total. The quantitative estimate of drug-likeness (QED) is 0.787. The van der Waals surface area contributed by atoms with Crippen LogP contribution in [0, 0.1) is 0 Å². The molecule has 1 atom stereocenters. The average molecular weight is 378 g/mol. The number of halogens is 1. The number of benzene rings is 1. The van der Waals surface area contributed by atoms with E-state index in [1.807, 2.05) is 0 Å². The summed E-state index contributed by atoms with van der Waals surface area (Å²) in [6, 6.07) is 3.15. The molecular weight excluding hydrogens is 358 g/mol. The van der Waals surface area contributed by atoms with Gasteiger partial charge in [-0.3, -0.25) is 4.79 Å². The van der Waals surface area contributed by atoms with Crippen LogP contribution in [0.4, 0.5) is 0 Å². The molecule has 1 aromatic carbocycles. The number of methoxy groups -OCH3 is 2. The molecule has 0 aromatic heterocycles. The van der Waals surface area contributed by atoms with Crippen LogP contribution >= 0.6 is 11.6 Å². The predicted molar refractivity (Wildman–Crippen MR) is 96.1 cm³/mol. The zero-order chi connectivity index (χ0) is 19.0. The van der Waals surface area contributed by atoms with Gasteiger partial charge in [-0.25, -0.2) is 4.79 Å². The lowest BCUT2D eigenvalue weighted by atomic mass is 9.75.